The Morgan fingerprint density at radius 3 is 2.78 bits per heavy atom. The zero-order valence-electron chi connectivity index (χ0n) is 5.56. The molecule has 3 heteroatoms. The van der Waals surface area contributed by atoms with Gasteiger partial charge in [0.2, 0.25) is 0 Å². The summed E-state index contributed by atoms with van der Waals surface area (Å²) in [7, 11) is 1.74. The quantitative estimate of drug-likeness (QED) is 0.608. The van der Waals surface area contributed by atoms with Gasteiger partial charge in [-0.05, 0) is 30.5 Å². The van der Waals surface area contributed by atoms with Crippen molar-refractivity contribution >= 4 is 11.8 Å². The number of nitrogens with one attached hydrogen (secondary N) is 1. The van der Waals surface area contributed by atoms with Gasteiger partial charge in [0.1, 0.15) is 0 Å². The van der Waals surface area contributed by atoms with Crippen LogP contribution in [0.1, 0.15) is 12.8 Å². The molecule has 1 saturated carbocycles. The predicted octanol–water partition coefficient (Wildman–Crippen LogP) is 1.15. The Labute approximate surface area is 60.6 Å². The fraction of sp³-hybridized carbons (Fsp3) is 1.00. The minimum absolute atomic E-state index is 0.534. The lowest BCUT2D eigenvalue weighted by molar-refractivity contribution is 0.0953. The minimum atomic E-state index is 0.534. The van der Waals surface area contributed by atoms with Crippen molar-refractivity contribution in [3.63, 3.8) is 0 Å². The second kappa shape index (κ2) is 3.40. The van der Waals surface area contributed by atoms with E-state index in [0.717, 1.165) is 25.4 Å². The molecule has 0 aromatic carbocycles. The first kappa shape index (κ1) is 7.32. The molecule has 0 spiro atoms. The molecule has 0 saturated heterocycles. The van der Waals surface area contributed by atoms with Crippen LogP contribution in [0.2, 0.25) is 0 Å². The smallest absolute Gasteiger partial charge is 0.0491 e. The number of ether oxygens (including phenoxy) is 1. The Bertz CT molecular complexity index is 83.1. The monoisotopic (exact) mass is 149 g/mol. The molecule has 0 atom stereocenters. The Morgan fingerprint density at radius 2 is 2.33 bits per heavy atom. The maximum absolute atomic E-state index is 5.38. The van der Waals surface area contributed by atoms with Crippen molar-refractivity contribution in [2.45, 2.75) is 18.9 Å². The van der Waals surface area contributed by atoms with Crippen LogP contribution < -0.4 is 4.84 Å². The normalized spacial score (nSPS) is 34.0. The lowest BCUT2D eigenvalue weighted by Crippen LogP contribution is -2.38. The summed E-state index contributed by atoms with van der Waals surface area (Å²) in [5.41, 5.74) is 0. The largest absolute Gasteiger partial charge is 0.384 e. The van der Waals surface area contributed by atoms with E-state index in [1.54, 1.807) is 7.11 Å². The predicted molar refractivity (Wildman–Crippen MR) is 37.4 cm³/mol. The second-order valence-electron chi connectivity index (χ2n) is 2.60. The number of methoxy groups -OCH3 is 1. The van der Waals surface area contributed by atoms with Gasteiger partial charge >= 0.3 is 0 Å². The third kappa shape index (κ3) is 1.81. The molecule has 0 aromatic heterocycles. The summed E-state index contributed by atoms with van der Waals surface area (Å²) < 4.78 is 4.97. The summed E-state index contributed by atoms with van der Waals surface area (Å²) >= 11 is 5.38. The van der Waals surface area contributed by atoms with Crippen molar-refractivity contribution < 1.29 is 4.74 Å². The lowest BCUT2D eigenvalue weighted by Gasteiger charge is -2.33. The molecule has 0 unspecified atom stereocenters. The highest BCUT2D eigenvalue weighted by molar-refractivity contribution is 6.13. The van der Waals surface area contributed by atoms with Crippen LogP contribution in [-0.4, -0.2) is 19.8 Å². The number of hydrogen-bond acceptors (Lipinski definition) is 2. The molecule has 0 aromatic rings. The molecule has 0 amide bonds. The Balaban J connectivity index is 1.98. The van der Waals surface area contributed by atoms with E-state index < -0.39 is 0 Å². The van der Waals surface area contributed by atoms with Gasteiger partial charge in [-0.3, -0.25) is 0 Å². The molecule has 0 bridgehead atoms. The van der Waals surface area contributed by atoms with E-state index in [2.05, 4.69) is 4.84 Å². The van der Waals surface area contributed by atoms with Crippen molar-refractivity contribution in [1.29, 1.82) is 0 Å². The SMILES string of the molecule is COCC1CC(NCl)C1. The number of halogens is 1. The molecule has 0 heterocycles. The molecule has 1 aliphatic rings. The Kier molecular flexibility index (Phi) is 2.76. The van der Waals surface area contributed by atoms with E-state index in [-0.39, 0.29) is 0 Å². The van der Waals surface area contributed by atoms with Gasteiger partial charge in [0, 0.05) is 19.8 Å². The minimum Gasteiger partial charge on any atom is -0.384 e. The Hall–Kier alpha value is 0.210. The van der Waals surface area contributed by atoms with Gasteiger partial charge in [-0.2, -0.15) is 0 Å². The molecule has 1 fully saturated rings. The first-order valence-electron chi connectivity index (χ1n) is 3.22. The van der Waals surface area contributed by atoms with Crippen molar-refractivity contribution in [3.05, 3.63) is 0 Å². The first-order chi connectivity index (χ1) is 4.36. The molecular weight excluding hydrogens is 138 g/mol. The summed E-state index contributed by atoms with van der Waals surface area (Å²) in [6.45, 7) is 0.884. The van der Waals surface area contributed by atoms with Gasteiger partial charge in [-0.1, -0.05) is 0 Å². The van der Waals surface area contributed by atoms with E-state index in [9.17, 15) is 0 Å². The third-order valence-electron chi connectivity index (χ3n) is 1.79. The van der Waals surface area contributed by atoms with Gasteiger partial charge in [-0.15, -0.1) is 0 Å². The van der Waals surface area contributed by atoms with Crippen LogP contribution in [0, 0.1) is 5.92 Å². The molecule has 1 rings (SSSR count). The highest BCUT2D eigenvalue weighted by Gasteiger charge is 2.27. The topological polar surface area (TPSA) is 21.3 Å². The van der Waals surface area contributed by atoms with E-state index in [0.29, 0.717) is 6.04 Å². The molecule has 0 aliphatic heterocycles. The lowest BCUT2D eigenvalue weighted by atomic mass is 9.82. The molecule has 1 aliphatic carbocycles. The van der Waals surface area contributed by atoms with E-state index in [1.807, 2.05) is 0 Å². The van der Waals surface area contributed by atoms with E-state index >= 15 is 0 Å². The van der Waals surface area contributed by atoms with Gasteiger partial charge in [0.15, 0.2) is 0 Å². The van der Waals surface area contributed by atoms with Crippen molar-refractivity contribution in [2.24, 2.45) is 5.92 Å². The fourth-order valence-corrected chi connectivity index (χ4v) is 1.37. The first-order valence-corrected chi connectivity index (χ1v) is 3.59. The average Bonchev–Trinajstić information content (AvgIpc) is 1.77. The van der Waals surface area contributed by atoms with Crippen LogP contribution >= 0.6 is 11.8 Å². The van der Waals surface area contributed by atoms with Crippen LogP contribution in [0.25, 0.3) is 0 Å². The van der Waals surface area contributed by atoms with E-state index in [1.165, 1.54) is 0 Å². The Morgan fingerprint density at radius 1 is 1.67 bits per heavy atom. The van der Waals surface area contributed by atoms with Crippen molar-refractivity contribution in [2.75, 3.05) is 13.7 Å². The van der Waals surface area contributed by atoms with Gasteiger partial charge in [0.05, 0.1) is 0 Å². The molecule has 0 radical (unpaired) electrons. The molecule has 2 nitrogen and oxygen atoms in total. The zero-order chi connectivity index (χ0) is 6.69. The van der Waals surface area contributed by atoms with Crippen molar-refractivity contribution in [3.8, 4) is 0 Å². The highest BCUT2D eigenvalue weighted by atomic mass is 35.5. The highest BCUT2D eigenvalue weighted by Crippen LogP contribution is 2.27. The summed E-state index contributed by atoms with van der Waals surface area (Å²) in [5.74, 6) is 0.742. The molecule has 1 N–H and O–H groups in total. The van der Waals surface area contributed by atoms with Crippen LogP contribution in [0.15, 0.2) is 0 Å². The third-order valence-corrected chi connectivity index (χ3v) is 2.10. The number of hydrogen-bond donors (Lipinski definition) is 1. The van der Waals surface area contributed by atoms with Crippen LogP contribution in [-0.2, 0) is 4.74 Å². The summed E-state index contributed by atoms with van der Waals surface area (Å²) in [6.07, 6.45) is 2.33. The average molecular weight is 150 g/mol. The fourth-order valence-electron chi connectivity index (χ4n) is 1.20. The number of rotatable bonds is 3. The maximum Gasteiger partial charge on any atom is 0.0491 e. The summed E-state index contributed by atoms with van der Waals surface area (Å²) in [4.78, 5) is 2.71. The van der Waals surface area contributed by atoms with Gasteiger partial charge in [-0.25, -0.2) is 4.84 Å². The molecular formula is C6H12ClNO. The van der Waals surface area contributed by atoms with Crippen molar-refractivity contribution in [1.82, 2.24) is 4.84 Å². The zero-order valence-corrected chi connectivity index (χ0v) is 6.32. The maximum atomic E-state index is 5.38. The molecule has 54 valence electrons. The second-order valence-corrected chi connectivity index (χ2v) is 2.82. The van der Waals surface area contributed by atoms with Gasteiger partial charge < -0.3 is 4.74 Å². The van der Waals surface area contributed by atoms with Crippen LogP contribution in [0.5, 0.6) is 0 Å². The molecule has 9 heavy (non-hydrogen) atoms. The van der Waals surface area contributed by atoms with E-state index in [4.69, 9.17) is 16.5 Å². The standard InChI is InChI=1S/C6H12ClNO/c1-9-4-5-2-6(3-5)8-7/h5-6,8H,2-4H2,1H3. The van der Waals surface area contributed by atoms with Crippen LogP contribution in [0.4, 0.5) is 0 Å². The summed E-state index contributed by atoms with van der Waals surface area (Å²) in [6, 6.07) is 0.534. The van der Waals surface area contributed by atoms with Gasteiger partial charge in [0.25, 0.3) is 0 Å². The summed E-state index contributed by atoms with van der Waals surface area (Å²) in [5, 5.41) is 0. The van der Waals surface area contributed by atoms with Crippen LogP contribution in [0.3, 0.4) is 0 Å².